The number of aromatic nitrogens is 1. The number of rotatable bonds is 4. The van der Waals surface area contributed by atoms with Crippen molar-refractivity contribution in [2.24, 2.45) is 0 Å². The molecule has 0 unspecified atom stereocenters. The van der Waals surface area contributed by atoms with Gasteiger partial charge >= 0.3 is 0 Å². The molecule has 0 aliphatic rings. The van der Waals surface area contributed by atoms with Crippen molar-refractivity contribution >= 4 is 26.6 Å². The predicted molar refractivity (Wildman–Crippen MR) is 109 cm³/mol. The van der Waals surface area contributed by atoms with Crippen molar-refractivity contribution in [2.45, 2.75) is 11.8 Å². The van der Waals surface area contributed by atoms with Gasteiger partial charge < -0.3 is 5.11 Å². The third kappa shape index (κ3) is 3.30. The van der Waals surface area contributed by atoms with Gasteiger partial charge in [-0.25, -0.2) is 8.42 Å². The van der Waals surface area contributed by atoms with Gasteiger partial charge in [0.15, 0.2) is 0 Å². The van der Waals surface area contributed by atoms with E-state index in [0.29, 0.717) is 11.1 Å². The molecule has 0 fully saturated rings. The van der Waals surface area contributed by atoms with Crippen molar-refractivity contribution in [1.82, 2.24) is 4.98 Å². The highest BCUT2D eigenvalue weighted by atomic mass is 32.2. The van der Waals surface area contributed by atoms with Gasteiger partial charge in [0, 0.05) is 16.8 Å². The van der Waals surface area contributed by atoms with Gasteiger partial charge in [0.05, 0.1) is 16.1 Å². The monoisotopic (exact) mass is 389 g/mol. The molecule has 3 aromatic carbocycles. The van der Waals surface area contributed by atoms with E-state index in [9.17, 15) is 13.5 Å². The van der Waals surface area contributed by atoms with Crippen LogP contribution in [0.5, 0.6) is 5.88 Å². The Morgan fingerprint density at radius 2 is 1.54 bits per heavy atom. The fourth-order valence-corrected chi connectivity index (χ4v) is 4.24. The van der Waals surface area contributed by atoms with E-state index in [1.807, 2.05) is 49.4 Å². The van der Waals surface area contributed by atoms with E-state index in [2.05, 4.69) is 9.71 Å². The summed E-state index contributed by atoms with van der Waals surface area (Å²) in [7, 11) is -3.94. The Labute approximate surface area is 163 Å². The number of pyridine rings is 1. The molecule has 0 radical (unpaired) electrons. The summed E-state index contributed by atoms with van der Waals surface area (Å²) < 4.78 is 28.2. The van der Waals surface area contributed by atoms with E-state index in [1.165, 1.54) is 12.1 Å². The number of anilines is 1. The predicted octanol–water partition coefficient (Wildman–Crippen LogP) is 4.08. The van der Waals surface area contributed by atoms with Gasteiger partial charge in [-0.3, -0.25) is 9.71 Å². The van der Waals surface area contributed by atoms with Crippen LogP contribution in [0.3, 0.4) is 0 Å². The topological polar surface area (TPSA) is 82.1 Å². The van der Waals surface area contributed by atoms with Crippen LogP contribution >= 0.6 is 0 Å². The number of nitrogens with zero attached hydrogens (tertiary/aromatic N) is 1. The maximum absolute atomic E-state index is 12.9. The Hall–Kier alpha value is -3.38. The average Bonchev–Trinajstić information content (AvgIpc) is 2.70. The smallest absolute Gasteiger partial charge is 0.261 e. The number of fused-ring (bicyclic) bond motifs is 1. The first kappa shape index (κ1) is 18.0. The zero-order valence-corrected chi connectivity index (χ0v) is 15.9. The number of sulfonamides is 1. The largest absolute Gasteiger partial charge is 0.857 e. The van der Waals surface area contributed by atoms with Crippen LogP contribution in [-0.4, -0.2) is 13.4 Å². The lowest BCUT2D eigenvalue weighted by Gasteiger charge is -2.21. The van der Waals surface area contributed by atoms with Gasteiger partial charge in [-0.15, -0.1) is 0 Å². The van der Waals surface area contributed by atoms with Crippen LogP contribution < -0.4 is 9.83 Å². The quantitative estimate of drug-likeness (QED) is 0.570. The van der Waals surface area contributed by atoms with Gasteiger partial charge in [-0.05, 0) is 36.8 Å². The molecule has 0 atom stereocenters. The van der Waals surface area contributed by atoms with Crippen LogP contribution in [0.1, 0.15) is 5.56 Å². The summed E-state index contributed by atoms with van der Waals surface area (Å²) in [5, 5.41) is 13.5. The van der Waals surface area contributed by atoms with Crippen molar-refractivity contribution in [1.29, 1.82) is 0 Å². The Morgan fingerprint density at radius 3 is 2.21 bits per heavy atom. The molecule has 0 aliphatic heterocycles. The first-order chi connectivity index (χ1) is 13.5. The molecule has 0 saturated carbocycles. The molecular formula is C22H17N2O3S-. The maximum atomic E-state index is 12.9. The minimum absolute atomic E-state index is 0.0480. The van der Waals surface area contributed by atoms with Gasteiger partial charge in [-0.2, -0.15) is 0 Å². The molecule has 0 bridgehead atoms. The van der Waals surface area contributed by atoms with Crippen LogP contribution in [-0.2, 0) is 10.0 Å². The van der Waals surface area contributed by atoms with Crippen LogP contribution in [0.15, 0.2) is 83.8 Å². The number of nitrogens with one attached hydrogen (secondary N) is 1. The first-order valence-electron chi connectivity index (χ1n) is 8.70. The lowest BCUT2D eigenvalue weighted by Crippen LogP contribution is -2.16. The van der Waals surface area contributed by atoms with Gasteiger partial charge in [0.25, 0.3) is 10.0 Å². The van der Waals surface area contributed by atoms with Crippen molar-refractivity contribution in [2.75, 3.05) is 4.72 Å². The lowest BCUT2D eigenvalue weighted by atomic mass is 9.98. The summed E-state index contributed by atoms with van der Waals surface area (Å²) in [6.07, 6.45) is 0. The molecule has 1 aromatic heterocycles. The molecule has 5 nitrogen and oxygen atoms in total. The molecule has 1 heterocycles. The maximum Gasteiger partial charge on any atom is 0.261 e. The van der Waals surface area contributed by atoms with Crippen LogP contribution in [0, 0.1) is 6.92 Å². The first-order valence-corrected chi connectivity index (χ1v) is 10.2. The van der Waals surface area contributed by atoms with E-state index in [0.717, 1.165) is 16.5 Å². The van der Waals surface area contributed by atoms with Crippen molar-refractivity contribution in [3.8, 4) is 17.0 Å². The highest BCUT2D eigenvalue weighted by molar-refractivity contribution is 7.92. The third-order valence-corrected chi connectivity index (χ3v) is 5.83. The van der Waals surface area contributed by atoms with Gasteiger partial charge in [-0.1, -0.05) is 60.2 Å². The Bertz CT molecular complexity index is 1260. The summed E-state index contributed by atoms with van der Waals surface area (Å²) in [5.41, 5.74) is 2.73. The fraction of sp³-hybridized carbons (Fsp3) is 0.0455. The van der Waals surface area contributed by atoms with Crippen molar-refractivity contribution in [3.05, 3.63) is 84.4 Å². The van der Waals surface area contributed by atoms with E-state index in [1.54, 1.807) is 24.3 Å². The molecule has 0 amide bonds. The fourth-order valence-electron chi connectivity index (χ4n) is 3.15. The summed E-state index contributed by atoms with van der Waals surface area (Å²) in [6.45, 7) is 1.94. The van der Waals surface area contributed by atoms with Crippen molar-refractivity contribution in [3.63, 3.8) is 0 Å². The summed E-state index contributed by atoms with van der Waals surface area (Å²) in [5.74, 6) is -0.616. The second-order valence-corrected chi connectivity index (χ2v) is 8.15. The molecule has 6 heteroatoms. The minimum atomic E-state index is -3.94. The standard InChI is InChI=1S/C22H18N2O3S/c1-15-12-13-19-18(14-15)20(16-8-4-2-5-9-16)21(22(25)23-19)24-28(26,27)17-10-6-3-7-11-17/h2-14,24H,1H3,(H,23,25)/p-1. The normalized spacial score (nSPS) is 11.5. The highest BCUT2D eigenvalue weighted by Crippen LogP contribution is 2.40. The summed E-state index contributed by atoms with van der Waals surface area (Å²) >= 11 is 0. The van der Waals surface area contributed by atoms with Gasteiger partial charge in [0.2, 0.25) is 0 Å². The number of hydrogen-bond acceptors (Lipinski definition) is 4. The molecule has 0 saturated heterocycles. The summed E-state index contributed by atoms with van der Waals surface area (Å²) in [4.78, 5) is 4.18. The minimum Gasteiger partial charge on any atom is -0.857 e. The van der Waals surface area contributed by atoms with Gasteiger partial charge in [0.1, 0.15) is 0 Å². The Balaban J connectivity index is 1.99. The molecule has 0 spiro atoms. The summed E-state index contributed by atoms with van der Waals surface area (Å²) in [6, 6.07) is 22.7. The van der Waals surface area contributed by atoms with E-state index < -0.39 is 15.9 Å². The van der Waals surface area contributed by atoms with Crippen LogP contribution in [0.25, 0.3) is 22.0 Å². The Morgan fingerprint density at radius 1 is 0.893 bits per heavy atom. The number of benzene rings is 3. The lowest BCUT2D eigenvalue weighted by molar-refractivity contribution is -0.273. The zero-order chi connectivity index (χ0) is 19.7. The molecule has 1 N–H and O–H groups in total. The van der Waals surface area contributed by atoms with Crippen molar-refractivity contribution < 1.29 is 13.5 Å². The van der Waals surface area contributed by atoms with Crippen LogP contribution in [0.4, 0.5) is 5.69 Å². The molecular weight excluding hydrogens is 372 g/mol. The average molecular weight is 389 g/mol. The SMILES string of the molecule is Cc1ccc2nc([O-])c(NS(=O)(=O)c3ccccc3)c(-c3ccccc3)c2c1. The molecule has 4 aromatic rings. The molecule has 0 aliphatic carbocycles. The highest BCUT2D eigenvalue weighted by Gasteiger charge is 2.19. The number of hydrogen-bond donors (Lipinski definition) is 1. The number of aryl methyl sites for hydroxylation is 1. The second-order valence-electron chi connectivity index (χ2n) is 6.47. The molecule has 28 heavy (non-hydrogen) atoms. The van der Waals surface area contributed by atoms with E-state index in [4.69, 9.17) is 0 Å². The zero-order valence-electron chi connectivity index (χ0n) is 15.1. The Kier molecular flexibility index (Phi) is 4.49. The van der Waals surface area contributed by atoms with Crippen LogP contribution in [0.2, 0.25) is 0 Å². The molecule has 4 rings (SSSR count). The second kappa shape index (κ2) is 6.98. The van der Waals surface area contributed by atoms with E-state index >= 15 is 0 Å². The molecule has 140 valence electrons. The van der Waals surface area contributed by atoms with E-state index in [-0.39, 0.29) is 10.6 Å². The third-order valence-electron chi connectivity index (χ3n) is 4.46.